The maximum atomic E-state index is 6.09. The second-order valence-corrected chi connectivity index (χ2v) is 7.20. The molecule has 7 heteroatoms. The third kappa shape index (κ3) is 3.75. The lowest BCUT2D eigenvalue weighted by atomic mass is 10.2. The lowest BCUT2D eigenvalue weighted by Crippen LogP contribution is -2.17. The van der Waals surface area contributed by atoms with Crippen LogP contribution in [0.1, 0.15) is 17.2 Å². The van der Waals surface area contributed by atoms with Crippen molar-refractivity contribution in [3.05, 3.63) is 84.1 Å². The lowest BCUT2D eigenvalue weighted by molar-refractivity contribution is 0.623. The van der Waals surface area contributed by atoms with E-state index in [-0.39, 0.29) is 0 Å². The summed E-state index contributed by atoms with van der Waals surface area (Å²) >= 11 is 0. The van der Waals surface area contributed by atoms with Crippen LogP contribution in [-0.2, 0) is 13.0 Å². The number of aromatic amines is 1. The van der Waals surface area contributed by atoms with Crippen molar-refractivity contribution in [2.45, 2.75) is 19.9 Å². The fourth-order valence-electron chi connectivity index (χ4n) is 3.48. The third-order valence-corrected chi connectivity index (χ3v) is 4.95. The van der Waals surface area contributed by atoms with Crippen molar-refractivity contribution in [2.24, 2.45) is 0 Å². The molecule has 0 aliphatic carbocycles. The smallest absolute Gasteiger partial charge is 0.156 e. The number of nitrogens with one attached hydrogen (secondary N) is 2. The number of hydrogen-bond acceptors (Lipinski definition) is 5. The minimum atomic E-state index is 0.669. The average molecular weight is 398 g/mol. The number of aryl methyl sites for hydroxylation is 1. The molecule has 5 rings (SSSR count). The van der Waals surface area contributed by atoms with Crippen molar-refractivity contribution in [3.8, 4) is 17.1 Å². The van der Waals surface area contributed by atoms with Gasteiger partial charge in [-0.05, 0) is 31.2 Å². The van der Waals surface area contributed by atoms with Crippen molar-refractivity contribution >= 4 is 11.0 Å². The molecular formula is C23H22N6O. The van der Waals surface area contributed by atoms with E-state index < -0.39 is 0 Å². The molecule has 7 nitrogen and oxygen atoms in total. The van der Waals surface area contributed by atoms with Crippen LogP contribution < -0.4 is 5.32 Å². The summed E-state index contributed by atoms with van der Waals surface area (Å²) in [6, 6.07) is 20.2. The van der Waals surface area contributed by atoms with Crippen molar-refractivity contribution in [2.75, 3.05) is 6.54 Å². The molecule has 0 aliphatic heterocycles. The number of furan rings is 1. The highest BCUT2D eigenvalue weighted by atomic mass is 16.3. The minimum Gasteiger partial charge on any atom is -0.454 e. The summed E-state index contributed by atoms with van der Waals surface area (Å²) in [5.74, 6) is 2.42. The van der Waals surface area contributed by atoms with E-state index >= 15 is 0 Å². The number of fused-ring (bicyclic) bond motifs is 1. The van der Waals surface area contributed by atoms with Gasteiger partial charge < -0.3 is 9.73 Å². The summed E-state index contributed by atoms with van der Waals surface area (Å²) < 4.78 is 8.00. The summed E-state index contributed by atoms with van der Waals surface area (Å²) in [6.07, 6.45) is 2.82. The molecule has 0 unspecified atom stereocenters. The van der Waals surface area contributed by atoms with Gasteiger partial charge in [-0.2, -0.15) is 10.2 Å². The molecule has 0 saturated heterocycles. The number of rotatable bonds is 7. The van der Waals surface area contributed by atoms with E-state index in [9.17, 15) is 0 Å². The van der Waals surface area contributed by atoms with Crippen LogP contribution in [0, 0.1) is 6.92 Å². The Morgan fingerprint density at radius 3 is 2.70 bits per heavy atom. The largest absolute Gasteiger partial charge is 0.454 e. The van der Waals surface area contributed by atoms with Crippen LogP contribution >= 0.6 is 0 Å². The van der Waals surface area contributed by atoms with Crippen LogP contribution in [0.15, 0.2) is 71.3 Å². The van der Waals surface area contributed by atoms with Gasteiger partial charge in [-0.3, -0.25) is 5.10 Å². The van der Waals surface area contributed by atoms with E-state index in [0.717, 1.165) is 58.3 Å². The first-order chi connectivity index (χ1) is 14.8. The van der Waals surface area contributed by atoms with Crippen molar-refractivity contribution in [1.29, 1.82) is 0 Å². The highest BCUT2D eigenvalue weighted by Gasteiger charge is 2.16. The van der Waals surface area contributed by atoms with Gasteiger partial charge in [-0.1, -0.05) is 36.4 Å². The molecule has 0 saturated carbocycles. The summed E-state index contributed by atoms with van der Waals surface area (Å²) in [5.41, 5.74) is 3.79. The molecule has 0 amide bonds. The first kappa shape index (κ1) is 18.3. The SMILES string of the molecule is Cc1nc(CCNCc2cn(-c3ccccc3)nc2-c2cc3ccccc3o2)n[nH]1. The second kappa shape index (κ2) is 7.96. The lowest BCUT2D eigenvalue weighted by Gasteiger charge is -2.02. The van der Waals surface area contributed by atoms with Gasteiger partial charge in [0.2, 0.25) is 0 Å². The number of aromatic nitrogens is 5. The zero-order chi connectivity index (χ0) is 20.3. The molecule has 0 bridgehead atoms. The Labute approximate surface area is 173 Å². The van der Waals surface area contributed by atoms with E-state index in [1.807, 2.05) is 72.3 Å². The normalized spacial score (nSPS) is 11.4. The average Bonchev–Trinajstić information content (AvgIpc) is 3.49. The molecule has 3 aromatic heterocycles. The van der Waals surface area contributed by atoms with Crippen LogP contribution in [0.5, 0.6) is 0 Å². The Morgan fingerprint density at radius 1 is 1.07 bits per heavy atom. The van der Waals surface area contributed by atoms with Gasteiger partial charge in [0.1, 0.15) is 17.1 Å². The summed E-state index contributed by atoms with van der Waals surface area (Å²) in [7, 11) is 0. The minimum absolute atomic E-state index is 0.669. The maximum Gasteiger partial charge on any atom is 0.156 e. The van der Waals surface area contributed by atoms with Crippen LogP contribution in [-0.4, -0.2) is 31.5 Å². The van der Waals surface area contributed by atoms with E-state index in [4.69, 9.17) is 9.52 Å². The van der Waals surface area contributed by atoms with Gasteiger partial charge in [0, 0.05) is 36.7 Å². The molecule has 0 aliphatic rings. The Hall–Kier alpha value is -3.71. The molecule has 0 spiro atoms. The van der Waals surface area contributed by atoms with E-state index in [2.05, 4.69) is 26.7 Å². The molecule has 2 N–H and O–H groups in total. The first-order valence-electron chi connectivity index (χ1n) is 9.98. The molecule has 30 heavy (non-hydrogen) atoms. The van der Waals surface area contributed by atoms with Crippen molar-refractivity contribution in [3.63, 3.8) is 0 Å². The van der Waals surface area contributed by atoms with E-state index in [1.165, 1.54) is 0 Å². The molecule has 0 atom stereocenters. The molecular weight excluding hydrogens is 376 g/mol. The van der Waals surface area contributed by atoms with Crippen LogP contribution in [0.2, 0.25) is 0 Å². The highest BCUT2D eigenvalue weighted by Crippen LogP contribution is 2.29. The van der Waals surface area contributed by atoms with Crippen LogP contribution in [0.3, 0.4) is 0 Å². The predicted molar refractivity (Wildman–Crippen MR) is 115 cm³/mol. The van der Waals surface area contributed by atoms with Gasteiger partial charge in [0.25, 0.3) is 0 Å². The zero-order valence-electron chi connectivity index (χ0n) is 16.7. The van der Waals surface area contributed by atoms with Crippen LogP contribution in [0.25, 0.3) is 28.1 Å². The summed E-state index contributed by atoms with van der Waals surface area (Å²) in [6.45, 7) is 3.34. The van der Waals surface area contributed by atoms with Crippen LogP contribution in [0.4, 0.5) is 0 Å². The van der Waals surface area contributed by atoms with Gasteiger partial charge in [0.05, 0.1) is 5.69 Å². The molecule has 3 heterocycles. The molecule has 0 radical (unpaired) electrons. The number of hydrogen-bond donors (Lipinski definition) is 2. The third-order valence-electron chi connectivity index (χ3n) is 4.95. The molecule has 0 fully saturated rings. The predicted octanol–water partition coefficient (Wildman–Crippen LogP) is 4.04. The maximum absolute atomic E-state index is 6.09. The van der Waals surface area contributed by atoms with Gasteiger partial charge in [-0.15, -0.1) is 0 Å². The number of benzene rings is 2. The topological polar surface area (TPSA) is 84.6 Å². The Morgan fingerprint density at radius 2 is 1.90 bits per heavy atom. The quantitative estimate of drug-likeness (QED) is 0.404. The summed E-state index contributed by atoms with van der Waals surface area (Å²) in [5, 5.41) is 16.5. The standard InChI is InChI=1S/C23H22N6O/c1-16-25-22(27-26-16)11-12-24-14-18-15-29(19-8-3-2-4-9-19)28-23(18)21-13-17-7-5-6-10-20(17)30-21/h2-10,13,15,24H,11-12,14H2,1H3,(H,25,26,27). The van der Waals surface area contributed by atoms with Crippen molar-refractivity contribution in [1.82, 2.24) is 30.3 Å². The monoisotopic (exact) mass is 398 g/mol. The first-order valence-corrected chi connectivity index (χ1v) is 9.98. The summed E-state index contributed by atoms with van der Waals surface area (Å²) in [4.78, 5) is 4.35. The number of nitrogens with zero attached hydrogens (tertiary/aromatic N) is 4. The zero-order valence-corrected chi connectivity index (χ0v) is 16.7. The van der Waals surface area contributed by atoms with Gasteiger partial charge in [0.15, 0.2) is 11.6 Å². The highest BCUT2D eigenvalue weighted by molar-refractivity contribution is 5.82. The number of para-hydroxylation sites is 2. The van der Waals surface area contributed by atoms with E-state index in [0.29, 0.717) is 6.54 Å². The molecule has 5 aromatic rings. The van der Waals surface area contributed by atoms with Gasteiger partial charge in [-0.25, -0.2) is 9.67 Å². The van der Waals surface area contributed by atoms with Crippen molar-refractivity contribution < 1.29 is 4.42 Å². The fourth-order valence-corrected chi connectivity index (χ4v) is 3.48. The second-order valence-electron chi connectivity index (χ2n) is 7.20. The Bertz CT molecular complexity index is 1230. The van der Waals surface area contributed by atoms with E-state index in [1.54, 1.807) is 0 Å². The van der Waals surface area contributed by atoms with Gasteiger partial charge >= 0.3 is 0 Å². The molecule has 2 aromatic carbocycles. The molecule has 150 valence electrons. The Balaban J connectivity index is 1.41. The number of H-pyrrole nitrogens is 1. The Kier molecular flexibility index (Phi) is 4.86. The fraction of sp³-hybridized carbons (Fsp3) is 0.174.